The second-order valence-electron chi connectivity index (χ2n) is 4.40. The number of nitrogens with zero attached hydrogens (tertiary/aromatic N) is 2. The number of nitriles is 1. The molecule has 1 aromatic carbocycles. The molecule has 1 N–H and O–H groups in total. The van der Waals surface area contributed by atoms with Crippen molar-refractivity contribution in [2.75, 3.05) is 13.6 Å². The molecule has 0 bridgehead atoms. The standard InChI is InChI=1S/C14H18N2O2/c1-11(17)10-16(2)14(18)9-13-6-4-3-5-12(13)7-8-15/h3-6,11,17H,7,9-10H2,1-2H3. The Morgan fingerprint density at radius 3 is 2.61 bits per heavy atom. The molecule has 1 aromatic rings. The Kier molecular flexibility index (Phi) is 5.34. The number of benzene rings is 1. The summed E-state index contributed by atoms with van der Waals surface area (Å²) in [6.45, 7) is 1.96. The van der Waals surface area contributed by atoms with Crippen LogP contribution >= 0.6 is 0 Å². The highest BCUT2D eigenvalue weighted by Gasteiger charge is 2.13. The molecule has 0 aliphatic carbocycles. The SMILES string of the molecule is CC(O)CN(C)C(=O)Cc1ccccc1CC#N. The van der Waals surface area contributed by atoms with Gasteiger partial charge in [0.1, 0.15) is 0 Å². The van der Waals surface area contributed by atoms with Crippen LogP contribution in [0.1, 0.15) is 18.1 Å². The van der Waals surface area contributed by atoms with Crippen LogP contribution in [0.25, 0.3) is 0 Å². The van der Waals surface area contributed by atoms with E-state index in [0.717, 1.165) is 11.1 Å². The zero-order chi connectivity index (χ0) is 13.5. The maximum atomic E-state index is 11.9. The quantitative estimate of drug-likeness (QED) is 0.847. The monoisotopic (exact) mass is 246 g/mol. The van der Waals surface area contributed by atoms with Gasteiger partial charge >= 0.3 is 0 Å². The first-order valence-corrected chi connectivity index (χ1v) is 5.90. The van der Waals surface area contributed by atoms with Crippen LogP contribution in [0.15, 0.2) is 24.3 Å². The lowest BCUT2D eigenvalue weighted by molar-refractivity contribution is -0.130. The summed E-state index contributed by atoms with van der Waals surface area (Å²) in [5.74, 6) is -0.0544. The molecule has 0 saturated heterocycles. The van der Waals surface area contributed by atoms with E-state index < -0.39 is 6.10 Å². The van der Waals surface area contributed by atoms with Gasteiger partial charge < -0.3 is 10.0 Å². The number of likely N-dealkylation sites (N-methyl/N-ethyl adjacent to an activating group) is 1. The number of amides is 1. The van der Waals surface area contributed by atoms with E-state index in [1.807, 2.05) is 24.3 Å². The molecule has 0 aromatic heterocycles. The molecule has 96 valence electrons. The van der Waals surface area contributed by atoms with Crippen molar-refractivity contribution in [3.05, 3.63) is 35.4 Å². The zero-order valence-corrected chi connectivity index (χ0v) is 10.8. The minimum atomic E-state index is -0.534. The largest absolute Gasteiger partial charge is 0.392 e. The van der Waals surface area contributed by atoms with Crippen molar-refractivity contribution in [2.24, 2.45) is 0 Å². The van der Waals surface area contributed by atoms with Crippen LogP contribution in [-0.4, -0.2) is 35.6 Å². The van der Waals surface area contributed by atoms with Gasteiger partial charge in [0.05, 0.1) is 25.0 Å². The summed E-state index contributed by atoms with van der Waals surface area (Å²) in [6, 6.07) is 9.54. The van der Waals surface area contributed by atoms with E-state index in [2.05, 4.69) is 6.07 Å². The molecular formula is C14H18N2O2. The van der Waals surface area contributed by atoms with E-state index >= 15 is 0 Å². The number of aliphatic hydroxyl groups excluding tert-OH is 1. The van der Waals surface area contributed by atoms with Crippen molar-refractivity contribution in [2.45, 2.75) is 25.9 Å². The summed E-state index contributed by atoms with van der Waals surface area (Å²) >= 11 is 0. The van der Waals surface area contributed by atoms with Crippen LogP contribution < -0.4 is 0 Å². The van der Waals surface area contributed by atoms with Crippen molar-refractivity contribution < 1.29 is 9.90 Å². The molecule has 0 heterocycles. The molecule has 1 atom stereocenters. The van der Waals surface area contributed by atoms with Gasteiger partial charge in [0, 0.05) is 13.6 Å². The third-order valence-corrected chi connectivity index (χ3v) is 2.69. The van der Waals surface area contributed by atoms with E-state index in [1.54, 1.807) is 14.0 Å². The van der Waals surface area contributed by atoms with E-state index in [-0.39, 0.29) is 12.3 Å². The fourth-order valence-electron chi connectivity index (χ4n) is 1.78. The van der Waals surface area contributed by atoms with Gasteiger partial charge in [-0.1, -0.05) is 24.3 Å². The van der Waals surface area contributed by atoms with E-state index in [1.165, 1.54) is 4.90 Å². The van der Waals surface area contributed by atoms with E-state index in [4.69, 9.17) is 5.26 Å². The summed E-state index contributed by atoms with van der Waals surface area (Å²) in [7, 11) is 1.67. The predicted octanol–water partition coefficient (Wildman–Crippen LogP) is 1.13. The van der Waals surface area contributed by atoms with Crippen molar-refractivity contribution >= 4 is 5.91 Å². The average Bonchev–Trinajstić information content (AvgIpc) is 2.31. The normalized spacial score (nSPS) is 11.7. The van der Waals surface area contributed by atoms with Gasteiger partial charge in [-0.25, -0.2) is 0 Å². The molecule has 18 heavy (non-hydrogen) atoms. The van der Waals surface area contributed by atoms with Crippen molar-refractivity contribution in [1.29, 1.82) is 5.26 Å². The summed E-state index contributed by atoms with van der Waals surface area (Å²) < 4.78 is 0. The number of aliphatic hydroxyl groups is 1. The van der Waals surface area contributed by atoms with E-state index in [9.17, 15) is 9.90 Å². The Hall–Kier alpha value is -1.86. The first kappa shape index (κ1) is 14.2. The van der Waals surface area contributed by atoms with Gasteiger partial charge in [-0.2, -0.15) is 5.26 Å². The van der Waals surface area contributed by atoms with E-state index in [0.29, 0.717) is 13.0 Å². The Morgan fingerprint density at radius 2 is 2.06 bits per heavy atom. The summed E-state index contributed by atoms with van der Waals surface area (Å²) in [4.78, 5) is 13.4. The number of carbonyl (C=O) groups excluding carboxylic acids is 1. The van der Waals surface area contributed by atoms with Crippen LogP contribution in [0, 0.1) is 11.3 Å². The smallest absolute Gasteiger partial charge is 0.226 e. The van der Waals surface area contributed by atoms with Gasteiger partial charge in [-0.15, -0.1) is 0 Å². The first-order chi connectivity index (χ1) is 8.54. The van der Waals surface area contributed by atoms with Crippen molar-refractivity contribution in [1.82, 2.24) is 4.90 Å². The molecule has 0 spiro atoms. The van der Waals surface area contributed by atoms with Gasteiger partial charge in [0.15, 0.2) is 0 Å². The van der Waals surface area contributed by atoms with Crippen LogP contribution in [-0.2, 0) is 17.6 Å². The molecule has 0 fully saturated rings. The molecule has 4 nitrogen and oxygen atoms in total. The Bertz CT molecular complexity index is 449. The van der Waals surface area contributed by atoms with Gasteiger partial charge in [0.2, 0.25) is 5.91 Å². The zero-order valence-electron chi connectivity index (χ0n) is 10.8. The molecule has 0 aliphatic rings. The molecule has 1 amide bonds. The second-order valence-corrected chi connectivity index (χ2v) is 4.40. The topological polar surface area (TPSA) is 64.3 Å². The molecule has 1 unspecified atom stereocenters. The summed E-state index contributed by atoms with van der Waals surface area (Å²) in [6.07, 6.45) is 0.0401. The molecule has 4 heteroatoms. The predicted molar refractivity (Wildman–Crippen MR) is 68.8 cm³/mol. The Balaban J connectivity index is 2.73. The lowest BCUT2D eigenvalue weighted by atomic mass is 10.0. The summed E-state index contributed by atoms with van der Waals surface area (Å²) in [5.41, 5.74) is 1.76. The van der Waals surface area contributed by atoms with Gasteiger partial charge in [-0.3, -0.25) is 4.79 Å². The van der Waals surface area contributed by atoms with Crippen molar-refractivity contribution in [3.8, 4) is 6.07 Å². The summed E-state index contributed by atoms with van der Waals surface area (Å²) in [5, 5.41) is 18.0. The fraction of sp³-hybridized carbons (Fsp3) is 0.429. The molecule has 1 rings (SSSR count). The van der Waals surface area contributed by atoms with Crippen molar-refractivity contribution in [3.63, 3.8) is 0 Å². The number of hydrogen-bond acceptors (Lipinski definition) is 3. The number of hydrogen-bond donors (Lipinski definition) is 1. The number of carbonyl (C=O) groups is 1. The lowest BCUT2D eigenvalue weighted by Crippen LogP contribution is -2.34. The molecule has 0 radical (unpaired) electrons. The maximum absolute atomic E-state index is 11.9. The second kappa shape index (κ2) is 6.77. The molecular weight excluding hydrogens is 228 g/mol. The van der Waals surface area contributed by atoms with Crippen LogP contribution in [0.5, 0.6) is 0 Å². The third-order valence-electron chi connectivity index (χ3n) is 2.69. The van der Waals surface area contributed by atoms with Crippen LogP contribution in [0.3, 0.4) is 0 Å². The molecule has 0 aliphatic heterocycles. The molecule has 0 saturated carbocycles. The fourth-order valence-corrected chi connectivity index (χ4v) is 1.78. The van der Waals surface area contributed by atoms with Crippen LogP contribution in [0.2, 0.25) is 0 Å². The number of rotatable bonds is 5. The van der Waals surface area contributed by atoms with Crippen LogP contribution in [0.4, 0.5) is 0 Å². The average molecular weight is 246 g/mol. The Morgan fingerprint density at radius 1 is 1.44 bits per heavy atom. The minimum Gasteiger partial charge on any atom is -0.392 e. The van der Waals surface area contributed by atoms with Gasteiger partial charge in [0.25, 0.3) is 0 Å². The highest BCUT2D eigenvalue weighted by molar-refractivity contribution is 5.79. The first-order valence-electron chi connectivity index (χ1n) is 5.90. The maximum Gasteiger partial charge on any atom is 0.226 e. The highest BCUT2D eigenvalue weighted by atomic mass is 16.3. The Labute approximate surface area is 107 Å². The lowest BCUT2D eigenvalue weighted by Gasteiger charge is -2.19. The minimum absolute atomic E-state index is 0.0544. The van der Waals surface area contributed by atoms with Gasteiger partial charge in [-0.05, 0) is 18.1 Å². The highest BCUT2D eigenvalue weighted by Crippen LogP contribution is 2.11. The third kappa shape index (κ3) is 4.19.